The number of furan rings is 1. The Balaban J connectivity index is 1.78. The summed E-state index contributed by atoms with van der Waals surface area (Å²) >= 11 is 0. The summed E-state index contributed by atoms with van der Waals surface area (Å²) in [5.41, 5.74) is 2.41. The topological polar surface area (TPSA) is 33.5 Å². The first kappa shape index (κ1) is 17.0. The van der Waals surface area contributed by atoms with Gasteiger partial charge in [0.05, 0.1) is 6.04 Å². The zero-order valence-electron chi connectivity index (χ0n) is 14.5. The molecule has 0 aliphatic rings. The summed E-state index contributed by atoms with van der Waals surface area (Å²) in [4.78, 5) is 14.2. The SMILES string of the molecule is C/C(=C\C(=O)N(C)C(C)c1cc2ccccc2o1)c1ccc(F)cc1. The molecule has 0 fully saturated rings. The summed E-state index contributed by atoms with van der Waals surface area (Å²) in [5.74, 6) is 0.318. The Morgan fingerprint density at radius 1 is 1.16 bits per heavy atom. The first-order valence-corrected chi connectivity index (χ1v) is 8.15. The van der Waals surface area contributed by atoms with E-state index in [1.807, 2.05) is 44.2 Å². The van der Waals surface area contributed by atoms with Crippen LogP contribution in [0.3, 0.4) is 0 Å². The van der Waals surface area contributed by atoms with Crippen molar-refractivity contribution in [2.75, 3.05) is 7.05 Å². The highest BCUT2D eigenvalue weighted by Crippen LogP contribution is 2.27. The molecule has 0 radical (unpaired) electrons. The molecule has 1 heterocycles. The Hall–Kier alpha value is -2.88. The smallest absolute Gasteiger partial charge is 0.247 e. The minimum atomic E-state index is -0.293. The molecule has 0 saturated carbocycles. The molecule has 1 aromatic heterocycles. The van der Waals surface area contributed by atoms with Crippen LogP contribution in [-0.4, -0.2) is 17.9 Å². The number of halogens is 1. The van der Waals surface area contributed by atoms with Crippen LogP contribution < -0.4 is 0 Å². The fourth-order valence-electron chi connectivity index (χ4n) is 2.67. The summed E-state index contributed by atoms with van der Waals surface area (Å²) in [6, 6.07) is 15.6. The van der Waals surface area contributed by atoms with Gasteiger partial charge in [-0.15, -0.1) is 0 Å². The lowest BCUT2D eigenvalue weighted by Crippen LogP contribution is -2.28. The second kappa shape index (κ2) is 6.93. The van der Waals surface area contributed by atoms with Crippen molar-refractivity contribution < 1.29 is 13.6 Å². The summed E-state index contributed by atoms with van der Waals surface area (Å²) < 4.78 is 18.9. The van der Waals surface area contributed by atoms with Crippen LogP contribution in [0, 0.1) is 5.82 Å². The summed E-state index contributed by atoms with van der Waals surface area (Å²) in [6.45, 7) is 3.77. The number of hydrogen-bond acceptors (Lipinski definition) is 2. The van der Waals surface area contributed by atoms with E-state index in [1.165, 1.54) is 12.1 Å². The molecule has 2 aromatic carbocycles. The molecule has 1 unspecified atom stereocenters. The lowest BCUT2D eigenvalue weighted by Gasteiger charge is -2.22. The van der Waals surface area contributed by atoms with Gasteiger partial charge in [-0.3, -0.25) is 4.79 Å². The number of carbonyl (C=O) groups is 1. The quantitative estimate of drug-likeness (QED) is 0.614. The summed E-state index contributed by atoms with van der Waals surface area (Å²) in [5, 5.41) is 1.02. The van der Waals surface area contributed by atoms with Crippen molar-refractivity contribution in [3.05, 3.63) is 77.8 Å². The van der Waals surface area contributed by atoms with E-state index in [1.54, 1.807) is 30.2 Å². The zero-order valence-corrected chi connectivity index (χ0v) is 14.5. The zero-order chi connectivity index (χ0) is 18.0. The van der Waals surface area contributed by atoms with E-state index >= 15 is 0 Å². The van der Waals surface area contributed by atoms with Gasteiger partial charge in [-0.2, -0.15) is 0 Å². The van der Waals surface area contributed by atoms with Crippen LogP contribution in [0.4, 0.5) is 4.39 Å². The normalized spacial score (nSPS) is 13.0. The molecule has 1 amide bonds. The predicted octanol–water partition coefficient (Wildman–Crippen LogP) is 5.19. The minimum Gasteiger partial charge on any atom is -0.459 e. The Bertz CT molecular complexity index is 891. The molecular formula is C21H20FNO2. The first-order valence-electron chi connectivity index (χ1n) is 8.15. The molecule has 4 heteroatoms. The monoisotopic (exact) mass is 337 g/mol. The number of para-hydroxylation sites is 1. The third kappa shape index (κ3) is 3.63. The fraction of sp³-hybridized carbons (Fsp3) is 0.190. The second-order valence-electron chi connectivity index (χ2n) is 6.15. The highest BCUT2D eigenvalue weighted by atomic mass is 19.1. The molecule has 0 aliphatic heterocycles. The Kier molecular flexibility index (Phi) is 4.70. The molecule has 1 atom stereocenters. The van der Waals surface area contributed by atoms with Crippen LogP contribution in [0.1, 0.15) is 31.2 Å². The Morgan fingerprint density at radius 3 is 2.52 bits per heavy atom. The van der Waals surface area contributed by atoms with E-state index in [9.17, 15) is 9.18 Å². The van der Waals surface area contributed by atoms with Crippen LogP contribution in [0.5, 0.6) is 0 Å². The third-order valence-corrected chi connectivity index (χ3v) is 4.42. The van der Waals surface area contributed by atoms with E-state index in [4.69, 9.17) is 4.42 Å². The van der Waals surface area contributed by atoms with Gasteiger partial charge >= 0.3 is 0 Å². The number of hydrogen-bond donors (Lipinski definition) is 0. The second-order valence-corrected chi connectivity index (χ2v) is 6.15. The van der Waals surface area contributed by atoms with Crippen LogP contribution in [-0.2, 0) is 4.79 Å². The van der Waals surface area contributed by atoms with Crippen molar-refractivity contribution in [3.8, 4) is 0 Å². The molecule has 0 N–H and O–H groups in total. The minimum absolute atomic E-state index is 0.130. The van der Waals surface area contributed by atoms with Gasteiger partial charge in [0, 0.05) is 18.5 Å². The van der Waals surface area contributed by atoms with E-state index in [2.05, 4.69) is 0 Å². The average molecular weight is 337 g/mol. The summed E-state index contributed by atoms with van der Waals surface area (Å²) in [6.07, 6.45) is 1.56. The molecule has 0 bridgehead atoms. The van der Waals surface area contributed by atoms with Crippen molar-refractivity contribution in [1.82, 2.24) is 4.90 Å². The summed E-state index contributed by atoms with van der Waals surface area (Å²) in [7, 11) is 1.74. The number of carbonyl (C=O) groups excluding carboxylic acids is 1. The maximum atomic E-state index is 13.0. The molecule has 0 saturated heterocycles. The molecule has 3 nitrogen and oxygen atoms in total. The van der Waals surface area contributed by atoms with Crippen molar-refractivity contribution in [2.45, 2.75) is 19.9 Å². The van der Waals surface area contributed by atoms with Crippen molar-refractivity contribution in [1.29, 1.82) is 0 Å². The maximum absolute atomic E-state index is 13.0. The van der Waals surface area contributed by atoms with E-state index < -0.39 is 0 Å². The number of rotatable bonds is 4. The third-order valence-electron chi connectivity index (χ3n) is 4.42. The van der Waals surface area contributed by atoms with Gasteiger partial charge in [-0.25, -0.2) is 4.39 Å². The number of likely N-dealkylation sites (N-methyl/N-ethyl adjacent to an activating group) is 1. The van der Waals surface area contributed by atoms with Crippen molar-refractivity contribution in [2.24, 2.45) is 0 Å². The molecule has 128 valence electrons. The molecule has 0 aliphatic carbocycles. The number of benzene rings is 2. The Morgan fingerprint density at radius 2 is 1.84 bits per heavy atom. The largest absolute Gasteiger partial charge is 0.459 e. The highest BCUT2D eigenvalue weighted by Gasteiger charge is 2.19. The van der Waals surface area contributed by atoms with Gasteiger partial charge in [0.2, 0.25) is 5.91 Å². The van der Waals surface area contributed by atoms with Gasteiger partial charge < -0.3 is 9.32 Å². The van der Waals surface area contributed by atoms with E-state index in [-0.39, 0.29) is 17.8 Å². The van der Waals surface area contributed by atoms with Gasteiger partial charge in [-0.1, -0.05) is 30.3 Å². The molecule has 3 rings (SSSR count). The number of amides is 1. The molecule has 3 aromatic rings. The lowest BCUT2D eigenvalue weighted by atomic mass is 10.1. The lowest BCUT2D eigenvalue weighted by molar-refractivity contribution is -0.126. The molecular weight excluding hydrogens is 317 g/mol. The van der Waals surface area contributed by atoms with Crippen LogP contribution >= 0.6 is 0 Å². The fourth-order valence-corrected chi connectivity index (χ4v) is 2.67. The van der Waals surface area contributed by atoms with Gasteiger partial charge in [0.1, 0.15) is 17.2 Å². The molecule has 25 heavy (non-hydrogen) atoms. The van der Waals surface area contributed by atoms with E-state index in [0.29, 0.717) is 0 Å². The number of allylic oxidation sites excluding steroid dienone is 1. The average Bonchev–Trinajstić information content (AvgIpc) is 3.05. The predicted molar refractivity (Wildman–Crippen MR) is 97.5 cm³/mol. The van der Waals surface area contributed by atoms with Gasteiger partial charge in [0.25, 0.3) is 0 Å². The number of fused-ring (bicyclic) bond motifs is 1. The van der Waals surface area contributed by atoms with Crippen molar-refractivity contribution >= 4 is 22.4 Å². The Labute approximate surface area is 146 Å². The first-order chi connectivity index (χ1) is 12.0. The standard InChI is InChI=1S/C21H20FNO2/c1-14(16-8-10-18(22)11-9-16)12-21(24)23(3)15(2)20-13-17-6-4-5-7-19(17)25-20/h4-13,15H,1-3H3/b14-12+. The number of nitrogens with zero attached hydrogens (tertiary/aromatic N) is 1. The van der Waals surface area contributed by atoms with Crippen LogP contribution in [0.15, 0.2) is 65.1 Å². The maximum Gasteiger partial charge on any atom is 0.247 e. The van der Waals surface area contributed by atoms with Crippen molar-refractivity contribution in [3.63, 3.8) is 0 Å². The van der Waals surface area contributed by atoms with Crippen LogP contribution in [0.2, 0.25) is 0 Å². The van der Waals surface area contributed by atoms with Gasteiger partial charge in [0.15, 0.2) is 0 Å². The van der Waals surface area contributed by atoms with Gasteiger partial charge in [-0.05, 0) is 49.2 Å². The van der Waals surface area contributed by atoms with E-state index in [0.717, 1.165) is 27.9 Å². The highest BCUT2D eigenvalue weighted by molar-refractivity contribution is 5.95. The van der Waals surface area contributed by atoms with Crippen LogP contribution in [0.25, 0.3) is 16.5 Å². The molecule has 0 spiro atoms.